The highest BCUT2D eigenvalue weighted by atomic mass is 79.9. The van der Waals surface area contributed by atoms with E-state index in [2.05, 4.69) is 37.9 Å². The van der Waals surface area contributed by atoms with E-state index in [0.29, 0.717) is 4.83 Å². The van der Waals surface area contributed by atoms with Crippen LogP contribution < -0.4 is 0 Å². The van der Waals surface area contributed by atoms with Gasteiger partial charge in [-0.3, -0.25) is 0 Å². The maximum absolute atomic E-state index is 6.00. The van der Waals surface area contributed by atoms with Crippen molar-refractivity contribution < 1.29 is 0 Å². The summed E-state index contributed by atoms with van der Waals surface area (Å²) in [5, 5.41) is 0.836. The Morgan fingerprint density at radius 3 is 2.71 bits per heavy atom. The molecule has 0 aromatic carbocycles. The Balaban J connectivity index is 1.98. The molecule has 1 saturated carbocycles. The van der Waals surface area contributed by atoms with E-state index in [9.17, 15) is 0 Å². The normalized spacial score (nSPS) is 19.4. The summed E-state index contributed by atoms with van der Waals surface area (Å²) in [6.45, 7) is 0. The molecule has 0 N–H and O–H groups in total. The first-order valence-electron chi connectivity index (χ1n) is 4.75. The molecule has 14 heavy (non-hydrogen) atoms. The van der Waals surface area contributed by atoms with Crippen LogP contribution in [-0.4, -0.2) is 0 Å². The van der Waals surface area contributed by atoms with Gasteiger partial charge in [0.15, 0.2) is 0 Å². The maximum atomic E-state index is 6.00. The molecule has 0 radical (unpaired) electrons. The Morgan fingerprint density at radius 2 is 2.29 bits per heavy atom. The minimum Gasteiger partial charge on any atom is -0.130 e. The zero-order valence-corrected chi connectivity index (χ0v) is 12.3. The summed E-state index contributed by atoms with van der Waals surface area (Å²) >= 11 is 14.9. The van der Waals surface area contributed by atoms with Gasteiger partial charge in [-0.25, -0.2) is 0 Å². The number of alkyl halides is 1. The van der Waals surface area contributed by atoms with Crippen LogP contribution in [0.25, 0.3) is 0 Å². The molecule has 2 rings (SSSR count). The molecule has 1 aliphatic carbocycles. The molecule has 1 heterocycles. The Labute approximate surface area is 110 Å². The molecule has 1 aromatic rings. The number of hydrogen-bond acceptors (Lipinski definition) is 1. The van der Waals surface area contributed by atoms with E-state index in [1.807, 2.05) is 0 Å². The van der Waals surface area contributed by atoms with E-state index in [1.165, 1.54) is 30.6 Å². The predicted octanol–water partition coefficient (Wildman–Crippen LogP) is 5.79. The van der Waals surface area contributed by atoms with E-state index in [4.69, 9.17) is 11.6 Å². The van der Waals surface area contributed by atoms with Crippen LogP contribution in [-0.2, 0) is 0 Å². The third-order valence-electron chi connectivity index (χ3n) is 2.74. The highest BCUT2D eigenvalue weighted by Gasteiger charge is 2.22. The first-order chi connectivity index (χ1) is 6.66. The average Bonchev–Trinajstić information content (AvgIpc) is 2.40. The second kappa shape index (κ2) is 4.86. The standard InChI is InChI=1S/C10H11Br2ClS/c11-7(4-6-2-1-3-6)9-5-8(13)10(12)14-9/h5-7H,1-4H2. The van der Waals surface area contributed by atoms with Crippen molar-refractivity contribution in [2.24, 2.45) is 5.92 Å². The molecule has 1 aliphatic rings. The molecule has 0 saturated heterocycles. The highest BCUT2D eigenvalue weighted by molar-refractivity contribution is 9.11. The lowest BCUT2D eigenvalue weighted by Gasteiger charge is -2.27. The molecular weight excluding hydrogens is 347 g/mol. The van der Waals surface area contributed by atoms with Crippen LogP contribution in [0.3, 0.4) is 0 Å². The molecule has 0 aliphatic heterocycles. The fourth-order valence-electron chi connectivity index (χ4n) is 1.65. The third kappa shape index (κ3) is 2.55. The van der Waals surface area contributed by atoms with Crippen LogP contribution in [0.4, 0.5) is 0 Å². The lowest BCUT2D eigenvalue weighted by molar-refractivity contribution is 0.296. The van der Waals surface area contributed by atoms with Gasteiger partial charge < -0.3 is 0 Å². The third-order valence-corrected chi connectivity index (χ3v) is 6.50. The largest absolute Gasteiger partial charge is 0.130 e. The first-order valence-corrected chi connectivity index (χ1v) is 7.66. The molecule has 0 nitrogen and oxygen atoms in total. The van der Waals surface area contributed by atoms with Crippen LogP contribution in [0, 0.1) is 5.92 Å². The number of hydrogen-bond donors (Lipinski definition) is 0. The minimum absolute atomic E-state index is 0.488. The van der Waals surface area contributed by atoms with Gasteiger partial charge in [0.05, 0.1) is 8.81 Å². The van der Waals surface area contributed by atoms with Crippen LogP contribution in [0.1, 0.15) is 35.4 Å². The SMILES string of the molecule is Clc1cc(C(Br)CC2CCC2)sc1Br. The summed E-state index contributed by atoms with van der Waals surface area (Å²) in [4.78, 5) is 1.83. The summed E-state index contributed by atoms with van der Waals surface area (Å²) in [6, 6.07) is 2.06. The molecule has 1 unspecified atom stereocenters. The number of rotatable bonds is 3. The smallest absolute Gasteiger partial charge is 0.0887 e. The van der Waals surface area contributed by atoms with E-state index >= 15 is 0 Å². The molecule has 1 atom stereocenters. The van der Waals surface area contributed by atoms with Crippen LogP contribution in [0.2, 0.25) is 5.02 Å². The maximum Gasteiger partial charge on any atom is 0.0887 e. The van der Waals surface area contributed by atoms with Gasteiger partial charge in [0.25, 0.3) is 0 Å². The number of halogens is 3. The number of thiophene rings is 1. The lowest BCUT2D eigenvalue weighted by atomic mass is 9.82. The van der Waals surface area contributed by atoms with Crippen molar-refractivity contribution in [3.8, 4) is 0 Å². The molecule has 78 valence electrons. The van der Waals surface area contributed by atoms with Crippen molar-refractivity contribution in [2.75, 3.05) is 0 Å². The quantitative estimate of drug-likeness (QED) is 0.600. The molecule has 4 heteroatoms. The Morgan fingerprint density at radius 1 is 1.57 bits per heavy atom. The summed E-state index contributed by atoms with van der Waals surface area (Å²) in [5.74, 6) is 0.930. The molecule has 1 aromatic heterocycles. The Hall–Kier alpha value is 0.950. The van der Waals surface area contributed by atoms with Gasteiger partial charge in [-0.2, -0.15) is 0 Å². The zero-order chi connectivity index (χ0) is 10.1. The molecule has 0 bridgehead atoms. The van der Waals surface area contributed by atoms with Gasteiger partial charge >= 0.3 is 0 Å². The van der Waals surface area contributed by atoms with Crippen molar-refractivity contribution in [2.45, 2.75) is 30.5 Å². The monoisotopic (exact) mass is 356 g/mol. The topological polar surface area (TPSA) is 0 Å². The second-order valence-corrected chi connectivity index (χ2v) is 7.68. The van der Waals surface area contributed by atoms with Gasteiger partial charge in [0.2, 0.25) is 0 Å². The second-order valence-electron chi connectivity index (χ2n) is 3.77. The van der Waals surface area contributed by atoms with Crippen LogP contribution >= 0.6 is 54.8 Å². The van der Waals surface area contributed by atoms with Gasteiger partial charge in [-0.05, 0) is 34.3 Å². The van der Waals surface area contributed by atoms with Gasteiger partial charge in [-0.15, -0.1) is 11.3 Å². The Kier molecular flexibility index (Phi) is 3.97. The Bertz CT molecular complexity index is 300. The molecule has 0 amide bonds. The van der Waals surface area contributed by atoms with Crippen molar-refractivity contribution >= 4 is 54.8 Å². The minimum atomic E-state index is 0.488. The van der Waals surface area contributed by atoms with Crippen molar-refractivity contribution in [3.63, 3.8) is 0 Å². The fraction of sp³-hybridized carbons (Fsp3) is 0.600. The lowest BCUT2D eigenvalue weighted by Crippen LogP contribution is -2.12. The first kappa shape index (κ1) is 11.4. The van der Waals surface area contributed by atoms with Crippen molar-refractivity contribution in [1.82, 2.24) is 0 Å². The predicted molar refractivity (Wildman–Crippen MR) is 70.7 cm³/mol. The van der Waals surface area contributed by atoms with E-state index in [-0.39, 0.29) is 0 Å². The zero-order valence-electron chi connectivity index (χ0n) is 7.60. The van der Waals surface area contributed by atoms with Crippen molar-refractivity contribution in [1.29, 1.82) is 0 Å². The highest BCUT2D eigenvalue weighted by Crippen LogP contribution is 2.43. The average molecular weight is 359 g/mol. The summed E-state index contributed by atoms with van der Waals surface area (Å²) in [7, 11) is 0. The summed E-state index contributed by atoms with van der Waals surface area (Å²) < 4.78 is 1.05. The van der Waals surface area contributed by atoms with E-state index < -0.39 is 0 Å². The van der Waals surface area contributed by atoms with Gasteiger partial charge in [0, 0.05) is 9.70 Å². The van der Waals surface area contributed by atoms with Crippen molar-refractivity contribution in [3.05, 3.63) is 19.8 Å². The van der Waals surface area contributed by atoms with Gasteiger partial charge in [-0.1, -0.05) is 46.8 Å². The molecule has 1 fully saturated rings. The van der Waals surface area contributed by atoms with Crippen LogP contribution in [0.5, 0.6) is 0 Å². The molecular formula is C10H11Br2ClS. The van der Waals surface area contributed by atoms with E-state index in [1.54, 1.807) is 11.3 Å². The summed E-state index contributed by atoms with van der Waals surface area (Å²) in [6.07, 6.45) is 5.48. The van der Waals surface area contributed by atoms with Crippen LogP contribution in [0.15, 0.2) is 9.85 Å². The van der Waals surface area contributed by atoms with E-state index in [0.717, 1.165) is 14.7 Å². The van der Waals surface area contributed by atoms with Gasteiger partial charge in [0.1, 0.15) is 0 Å². The molecule has 0 spiro atoms. The summed E-state index contributed by atoms with van der Waals surface area (Å²) in [5.41, 5.74) is 0. The fourth-order valence-corrected chi connectivity index (χ4v) is 4.33.